The minimum absolute atomic E-state index is 0.0436. The number of nitrogens with zero attached hydrogens (tertiary/aromatic N) is 1. The Kier molecular flexibility index (Phi) is 5.38. The van der Waals surface area contributed by atoms with Gasteiger partial charge in [0.2, 0.25) is 0 Å². The van der Waals surface area contributed by atoms with Crippen molar-refractivity contribution in [2.24, 2.45) is 5.92 Å². The first-order chi connectivity index (χ1) is 11.3. The summed E-state index contributed by atoms with van der Waals surface area (Å²) in [5.74, 6) is -1.13. The van der Waals surface area contributed by atoms with Gasteiger partial charge in [-0.15, -0.1) is 0 Å². The number of anilines is 1. The van der Waals surface area contributed by atoms with E-state index >= 15 is 0 Å². The van der Waals surface area contributed by atoms with E-state index in [9.17, 15) is 19.7 Å². The van der Waals surface area contributed by atoms with Gasteiger partial charge < -0.3 is 15.7 Å². The minimum atomic E-state index is -0.791. The zero-order valence-electron chi connectivity index (χ0n) is 13.7. The van der Waals surface area contributed by atoms with Crippen LogP contribution < -0.4 is 10.6 Å². The van der Waals surface area contributed by atoms with Crippen molar-refractivity contribution < 1.29 is 19.6 Å². The molecule has 0 heterocycles. The fraction of sp³-hybridized carbons (Fsp3) is 0.500. The van der Waals surface area contributed by atoms with E-state index in [4.69, 9.17) is 5.11 Å². The molecule has 0 aliphatic heterocycles. The van der Waals surface area contributed by atoms with Gasteiger partial charge in [0.1, 0.15) is 0 Å². The fourth-order valence-corrected chi connectivity index (χ4v) is 3.05. The number of carbonyl (C=O) groups excluding carboxylic acids is 1. The van der Waals surface area contributed by atoms with Gasteiger partial charge >= 0.3 is 12.0 Å². The number of aryl methyl sites for hydroxylation is 1. The summed E-state index contributed by atoms with van der Waals surface area (Å²) in [7, 11) is 0. The van der Waals surface area contributed by atoms with E-state index in [1.165, 1.54) is 6.07 Å². The van der Waals surface area contributed by atoms with E-state index in [0.29, 0.717) is 36.9 Å². The van der Waals surface area contributed by atoms with Crippen molar-refractivity contribution in [1.82, 2.24) is 5.32 Å². The van der Waals surface area contributed by atoms with Gasteiger partial charge in [0.15, 0.2) is 0 Å². The molecule has 1 fully saturated rings. The van der Waals surface area contributed by atoms with Crippen molar-refractivity contribution in [3.05, 3.63) is 33.4 Å². The highest BCUT2D eigenvalue weighted by atomic mass is 16.6. The first-order valence-corrected chi connectivity index (χ1v) is 7.84. The summed E-state index contributed by atoms with van der Waals surface area (Å²) in [4.78, 5) is 33.6. The lowest BCUT2D eigenvalue weighted by molar-refractivity contribution is -0.385. The highest BCUT2D eigenvalue weighted by Gasteiger charge is 2.27. The first kappa shape index (κ1) is 17.7. The Morgan fingerprint density at radius 1 is 1.21 bits per heavy atom. The van der Waals surface area contributed by atoms with Crippen LogP contribution >= 0.6 is 0 Å². The number of carboxylic acids is 1. The third kappa shape index (κ3) is 4.01. The van der Waals surface area contributed by atoms with Gasteiger partial charge in [-0.1, -0.05) is 6.07 Å². The SMILES string of the molecule is Cc1ccc([N+](=O)[O-])c(C)c1NC(=O)NC1CCC(C(=O)O)CC1. The van der Waals surface area contributed by atoms with E-state index in [2.05, 4.69) is 10.6 Å². The van der Waals surface area contributed by atoms with Crippen molar-refractivity contribution in [2.75, 3.05) is 5.32 Å². The molecule has 24 heavy (non-hydrogen) atoms. The third-order valence-corrected chi connectivity index (χ3v) is 4.49. The number of nitro benzene ring substituents is 1. The maximum atomic E-state index is 12.2. The van der Waals surface area contributed by atoms with Crippen molar-refractivity contribution >= 4 is 23.4 Å². The topological polar surface area (TPSA) is 122 Å². The molecular weight excluding hydrogens is 314 g/mol. The number of hydrogen-bond donors (Lipinski definition) is 3. The molecule has 1 aliphatic rings. The highest BCUT2D eigenvalue weighted by molar-refractivity contribution is 5.92. The van der Waals surface area contributed by atoms with E-state index in [1.54, 1.807) is 19.9 Å². The molecule has 0 saturated heterocycles. The lowest BCUT2D eigenvalue weighted by Crippen LogP contribution is -2.41. The summed E-state index contributed by atoms with van der Waals surface area (Å²) < 4.78 is 0. The third-order valence-electron chi connectivity index (χ3n) is 4.49. The second-order valence-electron chi connectivity index (χ2n) is 6.14. The number of aliphatic carboxylic acids is 1. The number of nitro groups is 1. The first-order valence-electron chi connectivity index (χ1n) is 7.84. The Hall–Kier alpha value is -2.64. The molecule has 8 heteroatoms. The Bertz CT molecular complexity index is 666. The molecule has 1 saturated carbocycles. The van der Waals surface area contributed by atoms with Gasteiger partial charge in [0, 0.05) is 12.1 Å². The quantitative estimate of drug-likeness (QED) is 0.577. The van der Waals surface area contributed by atoms with Crippen molar-refractivity contribution in [1.29, 1.82) is 0 Å². The van der Waals surface area contributed by atoms with Crippen LogP contribution in [0.2, 0.25) is 0 Å². The molecule has 1 aromatic carbocycles. The zero-order valence-corrected chi connectivity index (χ0v) is 13.7. The second-order valence-corrected chi connectivity index (χ2v) is 6.14. The normalized spacial score (nSPS) is 20.2. The molecule has 130 valence electrons. The zero-order chi connectivity index (χ0) is 17.9. The Morgan fingerprint density at radius 3 is 2.38 bits per heavy atom. The summed E-state index contributed by atoms with van der Waals surface area (Å²) in [6.07, 6.45) is 2.29. The van der Waals surface area contributed by atoms with E-state index in [1.807, 2.05) is 0 Å². The van der Waals surface area contributed by atoms with E-state index in [-0.39, 0.29) is 17.6 Å². The Balaban J connectivity index is 2.00. The molecule has 0 radical (unpaired) electrons. The number of nitrogens with one attached hydrogen (secondary N) is 2. The van der Waals surface area contributed by atoms with Crippen LogP contribution in [-0.4, -0.2) is 28.1 Å². The average Bonchev–Trinajstić information content (AvgIpc) is 2.51. The predicted molar refractivity (Wildman–Crippen MR) is 88.1 cm³/mol. The van der Waals surface area contributed by atoms with E-state index < -0.39 is 16.9 Å². The van der Waals surface area contributed by atoms with Crippen LogP contribution in [-0.2, 0) is 4.79 Å². The molecule has 1 aromatic rings. The van der Waals surface area contributed by atoms with Crippen molar-refractivity contribution in [3.63, 3.8) is 0 Å². The van der Waals surface area contributed by atoms with Crippen LogP contribution in [0.5, 0.6) is 0 Å². The van der Waals surface area contributed by atoms with Gasteiger partial charge in [-0.3, -0.25) is 14.9 Å². The molecule has 2 rings (SSSR count). The van der Waals surface area contributed by atoms with Crippen molar-refractivity contribution in [3.8, 4) is 0 Å². The lowest BCUT2D eigenvalue weighted by atomic mass is 9.86. The summed E-state index contributed by atoms with van der Waals surface area (Å²) in [5.41, 5.74) is 1.53. The summed E-state index contributed by atoms with van der Waals surface area (Å²) in [6.45, 7) is 3.36. The van der Waals surface area contributed by atoms with Crippen LogP contribution in [0.15, 0.2) is 12.1 Å². The van der Waals surface area contributed by atoms with Gasteiger partial charge in [-0.2, -0.15) is 0 Å². The summed E-state index contributed by atoms with van der Waals surface area (Å²) in [6, 6.07) is 2.50. The summed E-state index contributed by atoms with van der Waals surface area (Å²) >= 11 is 0. The molecule has 8 nitrogen and oxygen atoms in total. The van der Waals surface area contributed by atoms with Crippen LogP contribution in [0.1, 0.15) is 36.8 Å². The molecule has 3 N–H and O–H groups in total. The molecule has 0 spiro atoms. The largest absolute Gasteiger partial charge is 0.481 e. The molecule has 0 atom stereocenters. The molecule has 1 aliphatic carbocycles. The van der Waals surface area contributed by atoms with Gasteiger partial charge in [0.05, 0.1) is 22.1 Å². The molecule has 2 amide bonds. The molecule has 0 unspecified atom stereocenters. The van der Waals surface area contributed by atoms with Gasteiger partial charge in [-0.25, -0.2) is 4.79 Å². The highest BCUT2D eigenvalue weighted by Crippen LogP contribution is 2.29. The predicted octanol–water partition coefficient (Wildman–Crippen LogP) is 2.98. The Morgan fingerprint density at radius 2 is 1.83 bits per heavy atom. The average molecular weight is 335 g/mol. The smallest absolute Gasteiger partial charge is 0.319 e. The van der Waals surface area contributed by atoms with Gasteiger partial charge in [0.25, 0.3) is 5.69 Å². The van der Waals surface area contributed by atoms with Crippen molar-refractivity contribution in [2.45, 2.75) is 45.6 Å². The standard InChI is InChI=1S/C16H21N3O5/c1-9-3-8-13(19(23)24)10(2)14(9)18-16(22)17-12-6-4-11(5-7-12)15(20)21/h3,8,11-12H,4-7H2,1-2H3,(H,20,21)(H2,17,18,22). The minimum Gasteiger partial charge on any atom is -0.481 e. The monoisotopic (exact) mass is 335 g/mol. The molecule has 0 aromatic heterocycles. The van der Waals surface area contributed by atoms with Crippen LogP contribution in [0.3, 0.4) is 0 Å². The fourth-order valence-electron chi connectivity index (χ4n) is 3.05. The van der Waals surface area contributed by atoms with Gasteiger partial charge in [-0.05, 0) is 45.1 Å². The number of urea groups is 1. The maximum Gasteiger partial charge on any atom is 0.319 e. The van der Waals surface area contributed by atoms with Crippen LogP contribution in [0.25, 0.3) is 0 Å². The van der Waals surface area contributed by atoms with Crippen LogP contribution in [0.4, 0.5) is 16.2 Å². The molecule has 0 bridgehead atoms. The maximum absolute atomic E-state index is 12.2. The van der Waals surface area contributed by atoms with E-state index in [0.717, 1.165) is 5.56 Å². The number of amides is 2. The second kappa shape index (κ2) is 7.29. The van der Waals surface area contributed by atoms with Crippen LogP contribution in [0, 0.1) is 29.9 Å². The number of carbonyl (C=O) groups is 2. The molecular formula is C16H21N3O5. The number of carboxylic acid groups (broad SMARTS) is 1. The lowest BCUT2D eigenvalue weighted by Gasteiger charge is -2.27. The number of benzene rings is 1. The summed E-state index contributed by atoms with van der Waals surface area (Å²) in [5, 5.41) is 25.5. The number of hydrogen-bond acceptors (Lipinski definition) is 4. The number of rotatable bonds is 4. The Labute approximate surface area is 139 Å².